The summed E-state index contributed by atoms with van der Waals surface area (Å²) in [6.45, 7) is 0. The molecule has 0 aliphatic heterocycles. The van der Waals surface area contributed by atoms with Crippen molar-refractivity contribution >= 4 is 27.7 Å². The Hall–Kier alpha value is -3.86. The SMILES string of the molecule is NN(N=O)C(=O)/C=C/c1ccc(S(=O)(=O)N(N)c2ccc(-c3ccccc3)cc2)cc1. The van der Waals surface area contributed by atoms with Crippen LogP contribution in [0, 0.1) is 4.91 Å². The molecule has 0 saturated carbocycles. The molecule has 158 valence electrons. The van der Waals surface area contributed by atoms with Crippen LogP contribution in [-0.2, 0) is 14.8 Å². The normalized spacial score (nSPS) is 11.3. The number of sulfonamides is 1. The minimum absolute atomic E-state index is 0.0272. The van der Waals surface area contributed by atoms with Gasteiger partial charge in [-0.05, 0) is 47.0 Å². The number of hydrazine groups is 2. The summed E-state index contributed by atoms with van der Waals surface area (Å²) in [5.41, 5.74) is 2.76. The van der Waals surface area contributed by atoms with E-state index >= 15 is 0 Å². The van der Waals surface area contributed by atoms with Gasteiger partial charge in [-0.1, -0.05) is 54.6 Å². The third kappa shape index (κ3) is 5.01. The number of carbonyl (C=O) groups is 1. The fraction of sp³-hybridized carbons (Fsp3) is 0. The zero-order chi connectivity index (χ0) is 22.4. The number of hydrogen-bond acceptors (Lipinski definition) is 7. The fourth-order valence-electron chi connectivity index (χ4n) is 2.72. The summed E-state index contributed by atoms with van der Waals surface area (Å²) in [5.74, 6) is 10.1. The van der Waals surface area contributed by atoms with E-state index in [4.69, 9.17) is 11.7 Å². The van der Waals surface area contributed by atoms with E-state index in [0.29, 0.717) is 15.7 Å². The van der Waals surface area contributed by atoms with Crippen LogP contribution in [0.1, 0.15) is 5.56 Å². The van der Waals surface area contributed by atoms with Crippen LogP contribution in [0.25, 0.3) is 17.2 Å². The molecular weight excluding hydrogens is 418 g/mol. The smallest absolute Gasteiger partial charge is 0.266 e. The molecule has 0 spiro atoms. The molecule has 0 heterocycles. The number of amides is 1. The lowest BCUT2D eigenvalue weighted by Crippen LogP contribution is -2.37. The summed E-state index contributed by atoms with van der Waals surface area (Å²) in [5, 5.41) is 2.42. The molecule has 3 rings (SSSR count). The Morgan fingerprint density at radius 2 is 1.42 bits per heavy atom. The maximum absolute atomic E-state index is 12.9. The molecule has 0 atom stereocenters. The summed E-state index contributed by atoms with van der Waals surface area (Å²) in [6, 6.07) is 22.2. The van der Waals surface area contributed by atoms with Gasteiger partial charge in [0.1, 0.15) is 0 Å². The molecule has 0 aliphatic carbocycles. The van der Waals surface area contributed by atoms with Gasteiger partial charge < -0.3 is 0 Å². The minimum Gasteiger partial charge on any atom is -0.266 e. The highest BCUT2D eigenvalue weighted by Gasteiger charge is 2.22. The van der Waals surface area contributed by atoms with Gasteiger partial charge in [-0.15, -0.1) is 10.0 Å². The molecule has 31 heavy (non-hydrogen) atoms. The van der Waals surface area contributed by atoms with Crippen molar-refractivity contribution in [1.29, 1.82) is 0 Å². The number of rotatable bonds is 7. The topological polar surface area (TPSA) is 139 Å². The Kier molecular flexibility index (Phi) is 6.55. The number of carbonyl (C=O) groups excluding carboxylic acids is 1. The van der Waals surface area contributed by atoms with E-state index in [0.717, 1.165) is 17.2 Å². The quantitative estimate of drug-likeness (QED) is 0.192. The van der Waals surface area contributed by atoms with E-state index in [9.17, 15) is 18.1 Å². The van der Waals surface area contributed by atoms with Gasteiger partial charge in [0.05, 0.1) is 15.9 Å². The Morgan fingerprint density at radius 1 is 0.839 bits per heavy atom. The molecule has 0 bridgehead atoms. The fourth-order valence-corrected chi connectivity index (χ4v) is 3.83. The molecule has 3 aromatic rings. The van der Waals surface area contributed by atoms with Crippen molar-refractivity contribution in [3.63, 3.8) is 0 Å². The molecule has 3 aromatic carbocycles. The van der Waals surface area contributed by atoms with Gasteiger partial charge in [-0.2, -0.15) is 8.42 Å². The first kappa shape index (κ1) is 21.8. The lowest BCUT2D eigenvalue weighted by Gasteiger charge is -2.19. The average Bonchev–Trinajstić information content (AvgIpc) is 2.82. The highest BCUT2D eigenvalue weighted by atomic mass is 32.2. The van der Waals surface area contributed by atoms with Crippen LogP contribution < -0.4 is 16.1 Å². The van der Waals surface area contributed by atoms with Gasteiger partial charge in [-0.25, -0.2) is 16.1 Å². The molecule has 0 aliphatic rings. The first-order chi connectivity index (χ1) is 14.8. The molecule has 1 amide bonds. The Bertz CT molecular complexity index is 1190. The number of nitroso groups, excluding NO2 is 1. The van der Waals surface area contributed by atoms with Gasteiger partial charge in [0.25, 0.3) is 15.9 Å². The molecule has 0 saturated heterocycles. The van der Waals surface area contributed by atoms with Crippen molar-refractivity contribution < 1.29 is 13.2 Å². The van der Waals surface area contributed by atoms with Crippen LogP contribution in [0.4, 0.5) is 5.69 Å². The standard InChI is InChI=1S/C21H19N5O4S/c22-25(24-28)21(27)15-8-16-6-13-20(14-7-16)31(29,30)26(23)19-11-9-18(10-12-19)17-4-2-1-3-5-17/h1-15H,22-23H2/b15-8+. The molecule has 0 unspecified atom stereocenters. The van der Waals surface area contributed by atoms with Crippen LogP contribution in [0.15, 0.2) is 95.1 Å². The lowest BCUT2D eigenvalue weighted by molar-refractivity contribution is -0.126. The first-order valence-electron chi connectivity index (χ1n) is 8.98. The predicted molar refractivity (Wildman–Crippen MR) is 118 cm³/mol. The van der Waals surface area contributed by atoms with Crippen molar-refractivity contribution in [3.05, 3.63) is 95.4 Å². The average molecular weight is 437 g/mol. The Labute approximate surface area is 179 Å². The molecule has 10 heteroatoms. The van der Waals surface area contributed by atoms with Crippen molar-refractivity contribution in [2.45, 2.75) is 4.90 Å². The lowest BCUT2D eigenvalue weighted by atomic mass is 10.1. The van der Waals surface area contributed by atoms with E-state index < -0.39 is 15.9 Å². The maximum atomic E-state index is 12.9. The van der Waals surface area contributed by atoms with Gasteiger partial charge in [0.2, 0.25) is 0 Å². The summed E-state index contributed by atoms with van der Waals surface area (Å²) >= 11 is 0. The minimum atomic E-state index is -4.00. The third-order valence-corrected chi connectivity index (χ3v) is 5.99. The van der Waals surface area contributed by atoms with E-state index in [1.54, 1.807) is 24.3 Å². The zero-order valence-corrected chi connectivity index (χ0v) is 17.0. The van der Waals surface area contributed by atoms with Crippen molar-refractivity contribution in [2.24, 2.45) is 17.0 Å². The van der Waals surface area contributed by atoms with Crippen LogP contribution in [0.2, 0.25) is 0 Å². The number of anilines is 1. The first-order valence-corrected chi connectivity index (χ1v) is 10.4. The van der Waals surface area contributed by atoms with E-state index in [1.165, 1.54) is 30.3 Å². The van der Waals surface area contributed by atoms with Crippen molar-refractivity contribution in [1.82, 2.24) is 5.12 Å². The van der Waals surface area contributed by atoms with Crippen LogP contribution in [0.3, 0.4) is 0 Å². The van der Waals surface area contributed by atoms with Gasteiger partial charge in [-0.3, -0.25) is 4.79 Å². The van der Waals surface area contributed by atoms with Crippen LogP contribution in [-0.4, -0.2) is 19.4 Å². The molecule has 0 radical (unpaired) electrons. The molecule has 0 fully saturated rings. The van der Waals surface area contributed by atoms with E-state index in [-0.39, 0.29) is 10.0 Å². The van der Waals surface area contributed by atoms with Crippen LogP contribution in [0.5, 0.6) is 0 Å². The maximum Gasteiger partial charge on any atom is 0.284 e. The summed E-state index contributed by atoms with van der Waals surface area (Å²) in [4.78, 5) is 21.6. The van der Waals surface area contributed by atoms with E-state index in [2.05, 4.69) is 5.29 Å². The van der Waals surface area contributed by atoms with Crippen LogP contribution >= 0.6 is 0 Å². The number of nitrogens with zero attached hydrogens (tertiary/aromatic N) is 3. The zero-order valence-electron chi connectivity index (χ0n) is 16.2. The van der Waals surface area contributed by atoms with E-state index in [1.807, 2.05) is 30.3 Å². The van der Waals surface area contributed by atoms with Crippen molar-refractivity contribution in [3.8, 4) is 11.1 Å². The monoisotopic (exact) mass is 437 g/mol. The van der Waals surface area contributed by atoms with Crippen molar-refractivity contribution in [2.75, 3.05) is 4.41 Å². The largest absolute Gasteiger partial charge is 0.284 e. The number of nitrogens with two attached hydrogens (primary N) is 2. The summed E-state index contributed by atoms with van der Waals surface area (Å²) in [7, 11) is -4.00. The number of hydrogen-bond donors (Lipinski definition) is 2. The highest BCUT2D eigenvalue weighted by molar-refractivity contribution is 7.92. The van der Waals surface area contributed by atoms with Gasteiger partial charge in [0.15, 0.2) is 0 Å². The van der Waals surface area contributed by atoms with Gasteiger partial charge in [0, 0.05) is 6.08 Å². The Morgan fingerprint density at radius 3 is 2.00 bits per heavy atom. The highest BCUT2D eigenvalue weighted by Crippen LogP contribution is 2.25. The summed E-state index contributed by atoms with van der Waals surface area (Å²) < 4.78 is 26.4. The molecule has 4 N–H and O–H groups in total. The summed E-state index contributed by atoms with van der Waals surface area (Å²) in [6.07, 6.45) is 2.40. The molecular formula is C21H19N5O4S. The predicted octanol–water partition coefficient (Wildman–Crippen LogP) is 2.82. The molecule has 9 nitrogen and oxygen atoms in total. The second-order valence-electron chi connectivity index (χ2n) is 6.38. The second kappa shape index (κ2) is 9.30. The number of benzene rings is 3. The van der Waals surface area contributed by atoms with Gasteiger partial charge >= 0.3 is 0 Å². The Balaban J connectivity index is 1.77. The molecule has 0 aromatic heterocycles. The second-order valence-corrected chi connectivity index (χ2v) is 8.20. The third-order valence-electron chi connectivity index (χ3n) is 4.40.